The zero-order valence-electron chi connectivity index (χ0n) is 17.4. The summed E-state index contributed by atoms with van der Waals surface area (Å²) in [5, 5.41) is 4.29. The Balaban J connectivity index is 1.45. The molecule has 0 spiro atoms. The number of hydrogen-bond donors (Lipinski definition) is 1. The molecular formula is C22H30N4O2S. The molecule has 1 amide bonds. The number of carbonyl (C=O) groups excluding carboxylic acids is 1. The number of thioether (sulfide) groups is 1. The van der Waals surface area contributed by atoms with Crippen molar-refractivity contribution in [3.63, 3.8) is 0 Å². The molecule has 2 aromatic heterocycles. The molecule has 156 valence electrons. The van der Waals surface area contributed by atoms with Crippen molar-refractivity contribution in [1.29, 1.82) is 0 Å². The van der Waals surface area contributed by atoms with Crippen LogP contribution < -0.4 is 10.9 Å². The molecule has 2 aliphatic rings. The molecule has 6 nitrogen and oxygen atoms in total. The van der Waals surface area contributed by atoms with Crippen LogP contribution in [0.15, 0.2) is 28.3 Å². The molecular weight excluding hydrogens is 384 g/mol. The Morgan fingerprint density at radius 2 is 2.14 bits per heavy atom. The van der Waals surface area contributed by atoms with Gasteiger partial charge in [-0.15, -0.1) is 0 Å². The van der Waals surface area contributed by atoms with Gasteiger partial charge in [0.15, 0.2) is 10.8 Å². The molecule has 2 saturated carbocycles. The van der Waals surface area contributed by atoms with Gasteiger partial charge in [0.05, 0.1) is 11.1 Å². The highest BCUT2D eigenvalue weighted by atomic mass is 32.2. The normalized spacial score (nSPS) is 24.3. The average Bonchev–Trinajstić information content (AvgIpc) is 3.32. The molecule has 2 aliphatic carbocycles. The van der Waals surface area contributed by atoms with Gasteiger partial charge in [-0.2, -0.15) is 0 Å². The first-order chi connectivity index (χ1) is 13.9. The summed E-state index contributed by atoms with van der Waals surface area (Å²) in [7, 11) is 0. The Bertz CT molecular complexity index is 957. The lowest BCUT2D eigenvalue weighted by Gasteiger charge is -2.28. The second-order valence-electron chi connectivity index (χ2n) is 9.06. The Morgan fingerprint density at radius 3 is 2.83 bits per heavy atom. The molecule has 1 N–H and O–H groups in total. The second-order valence-corrected chi connectivity index (χ2v) is 10.0. The van der Waals surface area contributed by atoms with E-state index in [2.05, 4.69) is 36.1 Å². The lowest BCUT2D eigenvalue weighted by atomic mass is 9.84. The van der Waals surface area contributed by atoms with E-state index in [0.29, 0.717) is 34.6 Å². The Labute approximate surface area is 175 Å². The monoisotopic (exact) mass is 414 g/mol. The molecule has 0 saturated heterocycles. The number of pyridine rings is 1. The van der Waals surface area contributed by atoms with Gasteiger partial charge in [0, 0.05) is 18.8 Å². The van der Waals surface area contributed by atoms with Gasteiger partial charge in [-0.25, -0.2) is 9.97 Å². The van der Waals surface area contributed by atoms with E-state index in [1.165, 1.54) is 37.4 Å². The third-order valence-electron chi connectivity index (χ3n) is 6.40. The lowest BCUT2D eigenvalue weighted by molar-refractivity contribution is -0.119. The van der Waals surface area contributed by atoms with E-state index >= 15 is 0 Å². The number of fused-ring (bicyclic) bond motifs is 3. The van der Waals surface area contributed by atoms with E-state index < -0.39 is 0 Å². The fourth-order valence-corrected chi connectivity index (χ4v) is 5.92. The van der Waals surface area contributed by atoms with Crippen LogP contribution in [0.4, 0.5) is 0 Å². The third-order valence-corrected chi connectivity index (χ3v) is 7.37. The molecule has 2 fully saturated rings. The van der Waals surface area contributed by atoms with E-state index in [4.69, 9.17) is 0 Å². The second kappa shape index (κ2) is 8.46. The molecule has 4 rings (SSSR count). The first-order valence-electron chi connectivity index (χ1n) is 10.7. The highest BCUT2D eigenvalue weighted by Crippen LogP contribution is 2.49. The number of nitrogens with one attached hydrogen (secondary N) is 1. The van der Waals surface area contributed by atoms with E-state index in [1.54, 1.807) is 22.9 Å². The van der Waals surface area contributed by atoms with Gasteiger partial charge < -0.3 is 5.32 Å². The van der Waals surface area contributed by atoms with Crippen LogP contribution in [-0.2, 0) is 11.3 Å². The number of hydrogen-bond acceptors (Lipinski definition) is 5. The van der Waals surface area contributed by atoms with Gasteiger partial charge in [-0.3, -0.25) is 14.2 Å². The SMILES string of the molecule is CC(C)Cn1c(SCC(=O)N[C@@H](C)[C@@H]2C[C@H]3CC[C@H]2C3)nc2ncccc2c1=O. The first kappa shape index (κ1) is 20.4. The molecule has 0 aliphatic heterocycles. The Morgan fingerprint density at radius 1 is 1.31 bits per heavy atom. The summed E-state index contributed by atoms with van der Waals surface area (Å²) in [5.41, 5.74) is 0.353. The topological polar surface area (TPSA) is 76.9 Å². The predicted molar refractivity (Wildman–Crippen MR) is 116 cm³/mol. The van der Waals surface area contributed by atoms with Crippen molar-refractivity contribution in [2.24, 2.45) is 23.7 Å². The van der Waals surface area contributed by atoms with Crippen LogP contribution in [0.25, 0.3) is 11.0 Å². The Hall–Kier alpha value is -1.89. The van der Waals surface area contributed by atoms with E-state index in [0.717, 1.165) is 11.8 Å². The molecule has 2 heterocycles. The van der Waals surface area contributed by atoms with Crippen molar-refractivity contribution >= 4 is 28.7 Å². The number of carbonyl (C=O) groups is 1. The maximum absolute atomic E-state index is 12.9. The molecule has 0 radical (unpaired) electrons. The summed E-state index contributed by atoms with van der Waals surface area (Å²) in [5.74, 6) is 2.84. The minimum atomic E-state index is -0.0879. The minimum absolute atomic E-state index is 0.0109. The quantitative estimate of drug-likeness (QED) is 0.554. The van der Waals surface area contributed by atoms with Gasteiger partial charge >= 0.3 is 0 Å². The number of nitrogens with zero attached hydrogens (tertiary/aromatic N) is 3. The first-order valence-corrected chi connectivity index (χ1v) is 11.7. The largest absolute Gasteiger partial charge is 0.353 e. The van der Waals surface area contributed by atoms with Gasteiger partial charge in [0.25, 0.3) is 5.56 Å². The van der Waals surface area contributed by atoms with Crippen molar-refractivity contribution in [2.45, 2.75) is 64.2 Å². The summed E-state index contributed by atoms with van der Waals surface area (Å²) < 4.78 is 1.69. The van der Waals surface area contributed by atoms with Gasteiger partial charge in [-0.05, 0) is 62.0 Å². The molecule has 29 heavy (non-hydrogen) atoms. The molecule has 7 heteroatoms. The van der Waals surface area contributed by atoms with Crippen LogP contribution in [0, 0.1) is 23.7 Å². The summed E-state index contributed by atoms with van der Waals surface area (Å²) in [6, 6.07) is 3.72. The molecule has 2 bridgehead atoms. The van der Waals surface area contributed by atoms with Crippen molar-refractivity contribution in [3.05, 3.63) is 28.7 Å². The van der Waals surface area contributed by atoms with E-state index in [1.807, 2.05) is 0 Å². The van der Waals surface area contributed by atoms with Gasteiger partial charge in [-0.1, -0.05) is 32.0 Å². The zero-order valence-corrected chi connectivity index (χ0v) is 18.2. The minimum Gasteiger partial charge on any atom is -0.353 e. The molecule has 0 aromatic carbocycles. The third kappa shape index (κ3) is 4.34. The number of amides is 1. The van der Waals surface area contributed by atoms with Crippen LogP contribution in [-0.4, -0.2) is 32.2 Å². The van der Waals surface area contributed by atoms with Crippen LogP contribution in [0.1, 0.15) is 46.5 Å². The maximum Gasteiger partial charge on any atom is 0.263 e. The van der Waals surface area contributed by atoms with Crippen LogP contribution in [0.2, 0.25) is 0 Å². The summed E-state index contributed by atoms with van der Waals surface area (Å²) >= 11 is 1.33. The van der Waals surface area contributed by atoms with E-state index in [-0.39, 0.29) is 23.3 Å². The maximum atomic E-state index is 12.9. The average molecular weight is 415 g/mol. The molecule has 2 aromatic rings. The van der Waals surface area contributed by atoms with Crippen LogP contribution >= 0.6 is 11.8 Å². The standard InChI is InChI=1S/C22H30N4O2S/c1-13(2)11-26-21(28)17-5-4-8-23-20(17)25-22(26)29-12-19(27)24-14(3)18-10-15-6-7-16(18)9-15/h4-5,8,13-16,18H,6-7,9-12H2,1-3H3,(H,24,27)/t14-,15-,16-,18-/m0/s1. The summed E-state index contributed by atoms with van der Waals surface area (Å²) in [6.07, 6.45) is 6.92. The highest BCUT2D eigenvalue weighted by Gasteiger charge is 2.42. The predicted octanol–water partition coefficient (Wildman–Crippen LogP) is 3.48. The van der Waals surface area contributed by atoms with E-state index in [9.17, 15) is 9.59 Å². The Kier molecular flexibility index (Phi) is 5.95. The summed E-state index contributed by atoms with van der Waals surface area (Å²) in [4.78, 5) is 34.4. The lowest BCUT2D eigenvalue weighted by Crippen LogP contribution is -2.41. The van der Waals surface area contributed by atoms with Gasteiger partial charge in [0.2, 0.25) is 5.91 Å². The smallest absolute Gasteiger partial charge is 0.263 e. The zero-order chi connectivity index (χ0) is 20.5. The highest BCUT2D eigenvalue weighted by molar-refractivity contribution is 7.99. The number of rotatable bonds is 7. The van der Waals surface area contributed by atoms with Gasteiger partial charge in [0.1, 0.15) is 0 Å². The van der Waals surface area contributed by atoms with Crippen molar-refractivity contribution in [1.82, 2.24) is 19.9 Å². The van der Waals surface area contributed by atoms with Crippen molar-refractivity contribution < 1.29 is 4.79 Å². The fourth-order valence-electron chi connectivity index (χ4n) is 5.11. The fraction of sp³-hybridized carbons (Fsp3) is 0.636. The van der Waals surface area contributed by atoms with Crippen LogP contribution in [0.3, 0.4) is 0 Å². The summed E-state index contributed by atoms with van der Waals surface area (Å²) in [6.45, 7) is 6.85. The van der Waals surface area contributed by atoms with Crippen molar-refractivity contribution in [3.8, 4) is 0 Å². The molecule has 4 atom stereocenters. The van der Waals surface area contributed by atoms with Crippen LogP contribution in [0.5, 0.6) is 0 Å². The van der Waals surface area contributed by atoms with Crippen molar-refractivity contribution in [2.75, 3.05) is 5.75 Å². The number of aromatic nitrogens is 3. The molecule has 0 unspecified atom stereocenters.